The van der Waals surface area contributed by atoms with Crippen molar-refractivity contribution in [3.8, 4) is 27.0 Å². The maximum absolute atomic E-state index is 12.6. The van der Waals surface area contributed by atoms with Crippen LogP contribution in [0.15, 0.2) is 24.5 Å². The van der Waals surface area contributed by atoms with E-state index in [9.17, 15) is 25.2 Å². The van der Waals surface area contributed by atoms with Gasteiger partial charge in [0.05, 0.1) is 67.6 Å². The number of carbonyl (C=O) groups excluding carboxylic acids is 1. The predicted octanol–water partition coefficient (Wildman–Crippen LogP) is 5.84. The number of rotatable bonds is 18. The van der Waals surface area contributed by atoms with Crippen LogP contribution in [0.1, 0.15) is 88.7 Å². The third-order valence-electron chi connectivity index (χ3n) is 16.0. The first-order valence-corrected chi connectivity index (χ1v) is 27.8. The molecule has 7 heterocycles. The Labute approximate surface area is 442 Å². The normalized spacial score (nSPS) is 25.9. The predicted molar refractivity (Wildman–Crippen MR) is 286 cm³/mol. The number of aryl methyl sites for hydroxylation is 3. The number of nitrogens with one attached hydrogen (secondary N) is 4. The van der Waals surface area contributed by atoms with E-state index in [-0.39, 0.29) is 42.2 Å². The lowest BCUT2D eigenvalue weighted by Gasteiger charge is -2.34. The maximum atomic E-state index is 12.6. The lowest BCUT2D eigenvalue weighted by molar-refractivity contribution is -0.144. The summed E-state index contributed by atoms with van der Waals surface area (Å²) >= 11 is 2.88. The molecule has 21 nitrogen and oxygen atoms in total. The van der Waals surface area contributed by atoms with Gasteiger partial charge in [0.2, 0.25) is 23.7 Å². The first-order valence-electron chi connectivity index (χ1n) is 26.1. The number of hydrogen-bond donors (Lipinski definition) is 8. The fourth-order valence-electron chi connectivity index (χ4n) is 11.4. The molecule has 4 aliphatic carbocycles. The van der Waals surface area contributed by atoms with Gasteiger partial charge in [0.15, 0.2) is 5.72 Å². The number of aromatic nitrogens is 8. The van der Waals surface area contributed by atoms with E-state index in [1.807, 2.05) is 32.9 Å². The van der Waals surface area contributed by atoms with E-state index >= 15 is 0 Å². The fraction of sp³-hybridized carbons (Fsp3) is 0.596. The van der Waals surface area contributed by atoms with Gasteiger partial charge in [-0.15, -0.1) is 22.7 Å². The van der Waals surface area contributed by atoms with Gasteiger partial charge in [-0.3, -0.25) is 9.78 Å². The van der Waals surface area contributed by atoms with E-state index in [0.717, 1.165) is 59.1 Å². The van der Waals surface area contributed by atoms with Crippen LogP contribution in [0.25, 0.3) is 41.6 Å². The average Bonchev–Trinajstić information content (AvgIpc) is 3.72. The number of ether oxygens (including phenoxy) is 3. The lowest BCUT2D eigenvalue weighted by Crippen LogP contribution is -2.51. The number of hydrogen-bond acceptors (Lipinski definition) is 22. The summed E-state index contributed by atoms with van der Waals surface area (Å²) in [6.07, 6.45) is 7.33. The number of thiazole rings is 2. The summed E-state index contributed by atoms with van der Waals surface area (Å²) in [5, 5.41) is 62.8. The van der Waals surface area contributed by atoms with E-state index in [0.29, 0.717) is 107 Å². The number of aliphatic hydroxyl groups is 4. The number of aliphatic hydroxyl groups excluding tert-OH is 2. The fourth-order valence-corrected chi connectivity index (χ4v) is 13.5. The molecule has 1 aliphatic heterocycles. The van der Waals surface area contributed by atoms with Crippen molar-refractivity contribution in [1.29, 1.82) is 0 Å². The van der Waals surface area contributed by atoms with Gasteiger partial charge in [0.25, 0.3) is 0 Å². The summed E-state index contributed by atoms with van der Waals surface area (Å²) in [6, 6.07) is 3.17. The summed E-state index contributed by atoms with van der Waals surface area (Å²) in [6.45, 7) is 11.5. The SMILES string of the molecule is COC1(CNc2nc(C)c(-c3nc4c(C)nccc4s3)c(N[C@@H]3C[C@H](C(C)(C)O)[C@@H](O)[C@H]3Oc3nccc4sc(-c5c(C)nc(NCC6CC6)nc5N[C@@]5(O)CC[C@H](CN6CCOCC6=O)[C@H]5O)nc34)n2)CCCC1. The number of pyridine rings is 2. The van der Waals surface area contributed by atoms with Crippen molar-refractivity contribution >= 4 is 72.5 Å². The summed E-state index contributed by atoms with van der Waals surface area (Å²) in [7, 11) is 1.75. The van der Waals surface area contributed by atoms with Crippen LogP contribution in [0.3, 0.4) is 0 Å². The second kappa shape index (κ2) is 20.4. The number of methoxy groups -OCH3 is 1. The minimum absolute atomic E-state index is 0.00119. The van der Waals surface area contributed by atoms with Gasteiger partial charge in [0, 0.05) is 57.5 Å². The summed E-state index contributed by atoms with van der Waals surface area (Å²) in [5.41, 5.74) is 1.11. The Morgan fingerprint density at radius 1 is 0.853 bits per heavy atom. The van der Waals surface area contributed by atoms with Crippen molar-refractivity contribution in [3.05, 3.63) is 41.6 Å². The zero-order valence-electron chi connectivity index (χ0n) is 43.2. The molecule has 6 aromatic heterocycles. The van der Waals surface area contributed by atoms with E-state index in [1.54, 1.807) is 38.3 Å². The number of fused-ring (bicyclic) bond motifs is 2. The molecule has 23 heteroatoms. The molecule has 7 atom stereocenters. The summed E-state index contributed by atoms with van der Waals surface area (Å²) in [4.78, 5) is 53.6. The maximum Gasteiger partial charge on any atom is 0.248 e. The molecule has 400 valence electrons. The van der Waals surface area contributed by atoms with Crippen molar-refractivity contribution in [3.63, 3.8) is 0 Å². The van der Waals surface area contributed by atoms with Crippen molar-refractivity contribution in [2.24, 2.45) is 17.8 Å². The number of morpholine rings is 1. The molecule has 0 radical (unpaired) electrons. The van der Waals surface area contributed by atoms with E-state index in [2.05, 4.69) is 26.3 Å². The van der Waals surface area contributed by atoms with Crippen LogP contribution >= 0.6 is 22.7 Å². The third-order valence-corrected chi connectivity index (χ3v) is 18.0. The molecular formula is C52H67N13O8S2. The molecular weight excluding hydrogens is 999 g/mol. The largest absolute Gasteiger partial charge is 0.468 e. The number of anilines is 4. The molecule has 5 fully saturated rings. The molecule has 0 bridgehead atoms. The molecule has 1 amide bonds. The van der Waals surface area contributed by atoms with Crippen LogP contribution in [0, 0.1) is 38.5 Å². The summed E-state index contributed by atoms with van der Waals surface area (Å²) < 4.78 is 19.9. The second-order valence-electron chi connectivity index (χ2n) is 21.7. The smallest absolute Gasteiger partial charge is 0.248 e. The highest BCUT2D eigenvalue weighted by molar-refractivity contribution is 7.22. The monoisotopic (exact) mass is 1070 g/mol. The molecule has 4 saturated carbocycles. The van der Waals surface area contributed by atoms with Gasteiger partial charge in [-0.1, -0.05) is 12.8 Å². The minimum Gasteiger partial charge on any atom is -0.468 e. The van der Waals surface area contributed by atoms with Crippen molar-refractivity contribution in [2.75, 3.05) is 67.8 Å². The Hall–Kier alpha value is -5.53. The van der Waals surface area contributed by atoms with Crippen LogP contribution in [0.2, 0.25) is 0 Å². The van der Waals surface area contributed by atoms with E-state index < -0.39 is 41.6 Å². The van der Waals surface area contributed by atoms with Crippen molar-refractivity contribution in [1.82, 2.24) is 44.8 Å². The second-order valence-corrected chi connectivity index (χ2v) is 23.8. The highest BCUT2D eigenvalue weighted by Gasteiger charge is 2.51. The molecule has 11 rings (SSSR count). The minimum atomic E-state index is -1.78. The Kier molecular flexibility index (Phi) is 14.1. The lowest BCUT2D eigenvalue weighted by atomic mass is 9.88. The standard InChI is InChI=1S/C52H67N13O8S2/c1-26-36(46-60-38-28(3)53-17-12-33(38)74-46)43(62-49(58-26)56-25-51(71-6)14-7-8-15-51)59-32-21-31(50(4,5)69)40(67)41(32)73-45-39-34(13-18-54-45)75-47(61-39)37-27(2)57-48(55-22-29-9-10-29)63-44(37)64-52(70)16-11-30(42(52)68)23-65-19-20-72-24-35(65)66/h12-13,17-18,29-32,40-42,67-70H,7-11,14-16,19-25H2,1-6H3,(H2,55,57,63,64)(H2,56,58,59,62)/t30-,31+,32-,40-,41+,42-,52-/m1/s1. The van der Waals surface area contributed by atoms with Crippen molar-refractivity contribution < 1.29 is 39.4 Å². The molecule has 0 spiro atoms. The van der Waals surface area contributed by atoms with Crippen LogP contribution in [-0.4, -0.2) is 159 Å². The molecule has 75 heavy (non-hydrogen) atoms. The molecule has 0 unspecified atom stereocenters. The van der Waals surface area contributed by atoms with Gasteiger partial charge in [0.1, 0.15) is 51.5 Å². The molecule has 1 saturated heterocycles. The Balaban J connectivity index is 0.928. The highest BCUT2D eigenvalue weighted by Crippen LogP contribution is 2.45. The molecule has 5 aliphatic rings. The molecule has 8 N–H and O–H groups in total. The first-order chi connectivity index (χ1) is 36.0. The Morgan fingerprint density at radius 2 is 1.52 bits per heavy atom. The van der Waals surface area contributed by atoms with Crippen LogP contribution in [0.4, 0.5) is 23.5 Å². The average molecular weight is 1070 g/mol. The van der Waals surface area contributed by atoms with Gasteiger partial charge in [-0.05, 0) is 97.6 Å². The number of nitrogens with zero attached hydrogens (tertiary/aromatic N) is 9. The zero-order valence-corrected chi connectivity index (χ0v) is 44.9. The van der Waals surface area contributed by atoms with E-state index in [1.165, 1.54) is 22.7 Å². The summed E-state index contributed by atoms with van der Waals surface area (Å²) in [5.74, 6) is 1.11. The van der Waals surface area contributed by atoms with Gasteiger partial charge >= 0.3 is 0 Å². The van der Waals surface area contributed by atoms with Gasteiger partial charge < -0.3 is 60.8 Å². The van der Waals surface area contributed by atoms with Gasteiger partial charge in [-0.25, -0.2) is 24.9 Å². The molecule has 6 aromatic rings. The van der Waals surface area contributed by atoms with Gasteiger partial charge in [-0.2, -0.15) is 9.97 Å². The van der Waals surface area contributed by atoms with E-state index in [4.69, 9.17) is 49.1 Å². The highest BCUT2D eigenvalue weighted by atomic mass is 32.1. The first kappa shape index (κ1) is 51.6. The number of carbonyl (C=O) groups is 1. The third kappa shape index (κ3) is 10.4. The van der Waals surface area contributed by atoms with Crippen LogP contribution in [0.5, 0.6) is 5.88 Å². The number of amides is 1. The Morgan fingerprint density at radius 3 is 2.20 bits per heavy atom. The van der Waals surface area contributed by atoms with Crippen LogP contribution < -0.4 is 26.0 Å². The topological polar surface area (TPSA) is 280 Å². The van der Waals surface area contributed by atoms with Crippen LogP contribution in [-0.2, 0) is 14.3 Å². The van der Waals surface area contributed by atoms with Crippen molar-refractivity contribution in [2.45, 2.75) is 134 Å². The Bertz CT molecular complexity index is 3090. The quantitative estimate of drug-likeness (QED) is 0.0470. The molecule has 0 aromatic carbocycles. The zero-order chi connectivity index (χ0) is 52.4.